The Balaban J connectivity index is 1.98. The maximum Gasteiger partial charge on any atom is 0.226 e. The first-order chi connectivity index (χ1) is 9.68. The number of hydrogen-bond acceptors (Lipinski definition) is 3. The van der Waals surface area contributed by atoms with Gasteiger partial charge in [0.05, 0.1) is 12.0 Å². The van der Waals surface area contributed by atoms with E-state index in [1.54, 1.807) is 0 Å². The van der Waals surface area contributed by atoms with Gasteiger partial charge in [-0.25, -0.2) is 0 Å². The second-order valence-corrected chi connectivity index (χ2v) is 5.51. The van der Waals surface area contributed by atoms with Gasteiger partial charge < -0.3 is 15.8 Å². The molecule has 0 spiro atoms. The van der Waals surface area contributed by atoms with Crippen LogP contribution in [0.25, 0.3) is 0 Å². The first-order valence-corrected chi connectivity index (χ1v) is 7.38. The lowest BCUT2D eigenvalue weighted by molar-refractivity contribution is -0.134. The van der Waals surface area contributed by atoms with Gasteiger partial charge in [-0.05, 0) is 31.7 Å². The standard InChI is InChI=1S/C16H24N2O2/c1-12(17)9-10-18-16(19)14-8-5-11-20-15(14)13-6-3-2-4-7-13/h2-4,6-7,12,14-15H,5,8-11,17H2,1H3,(H,18,19). The van der Waals surface area contributed by atoms with E-state index in [1.807, 2.05) is 37.3 Å². The van der Waals surface area contributed by atoms with Crippen molar-refractivity contribution in [2.24, 2.45) is 11.7 Å². The summed E-state index contributed by atoms with van der Waals surface area (Å²) in [5.41, 5.74) is 6.78. The summed E-state index contributed by atoms with van der Waals surface area (Å²) in [5, 5.41) is 2.98. The molecule has 1 aliphatic rings. The van der Waals surface area contributed by atoms with Crippen molar-refractivity contribution in [1.82, 2.24) is 5.32 Å². The van der Waals surface area contributed by atoms with E-state index in [0.29, 0.717) is 6.54 Å². The van der Waals surface area contributed by atoms with Crippen LogP contribution in [0.5, 0.6) is 0 Å². The Morgan fingerprint density at radius 1 is 1.45 bits per heavy atom. The highest BCUT2D eigenvalue weighted by molar-refractivity contribution is 5.79. The van der Waals surface area contributed by atoms with Crippen molar-refractivity contribution in [2.45, 2.75) is 38.3 Å². The summed E-state index contributed by atoms with van der Waals surface area (Å²) < 4.78 is 5.84. The molecule has 1 saturated heterocycles. The average Bonchev–Trinajstić information content (AvgIpc) is 2.47. The molecule has 4 heteroatoms. The van der Waals surface area contributed by atoms with Crippen molar-refractivity contribution in [1.29, 1.82) is 0 Å². The number of benzene rings is 1. The molecule has 3 unspecified atom stereocenters. The molecule has 1 amide bonds. The first-order valence-electron chi connectivity index (χ1n) is 7.38. The fourth-order valence-electron chi connectivity index (χ4n) is 2.58. The van der Waals surface area contributed by atoms with Crippen LogP contribution in [0.3, 0.4) is 0 Å². The highest BCUT2D eigenvalue weighted by Gasteiger charge is 2.32. The van der Waals surface area contributed by atoms with E-state index in [9.17, 15) is 4.79 Å². The van der Waals surface area contributed by atoms with E-state index in [4.69, 9.17) is 10.5 Å². The molecule has 0 aliphatic carbocycles. The van der Waals surface area contributed by atoms with Gasteiger partial charge in [0.15, 0.2) is 0 Å². The fourth-order valence-corrected chi connectivity index (χ4v) is 2.58. The highest BCUT2D eigenvalue weighted by atomic mass is 16.5. The minimum atomic E-state index is -0.125. The number of carbonyl (C=O) groups excluding carboxylic acids is 1. The van der Waals surface area contributed by atoms with Crippen molar-refractivity contribution in [3.05, 3.63) is 35.9 Å². The SMILES string of the molecule is CC(N)CCNC(=O)C1CCCOC1c1ccccc1. The molecule has 20 heavy (non-hydrogen) atoms. The van der Waals surface area contributed by atoms with Gasteiger partial charge in [-0.2, -0.15) is 0 Å². The molecule has 1 aromatic rings. The Hall–Kier alpha value is -1.39. The number of amides is 1. The summed E-state index contributed by atoms with van der Waals surface area (Å²) in [6.45, 7) is 3.31. The maximum absolute atomic E-state index is 12.3. The zero-order chi connectivity index (χ0) is 14.4. The van der Waals surface area contributed by atoms with Gasteiger partial charge >= 0.3 is 0 Å². The van der Waals surface area contributed by atoms with Crippen molar-refractivity contribution in [3.63, 3.8) is 0 Å². The smallest absolute Gasteiger partial charge is 0.226 e. The molecule has 0 saturated carbocycles. The number of ether oxygens (including phenoxy) is 1. The Labute approximate surface area is 120 Å². The number of rotatable bonds is 5. The van der Waals surface area contributed by atoms with Crippen molar-refractivity contribution in [2.75, 3.05) is 13.2 Å². The van der Waals surface area contributed by atoms with Crippen molar-refractivity contribution >= 4 is 5.91 Å². The van der Waals surface area contributed by atoms with Gasteiger partial charge in [-0.1, -0.05) is 30.3 Å². The zero-order valence-corrected chi connectivity index (χ0v) is 12.0. The van der Waals surface area contributed by atoms with Gasteiger partial charge in [0.1, 0.15) is 0 Å². The van der Waals surface area contributed by atoms with Gasteiger partial charge in [-0.3, -0.25) is 4.79 Å². The summed E-state index contributed by atoms with van der Waals surface area (Å²) in [6, 6.07) is 10.1. The average molecular weight is 276 g/mol. The van der Waals surface area contributed by atoms with E-state index in [1.165, 1.54) is 0 Å². The molecule has 3 atom stereocenters. The molecule has 0 aromatic heterocycles. The fraction of sp³-hybridized carbons (Fsp3) is 0.562. The molecule has 0 radical (unpaired) electrons. The number of nitrogens with one attached hydrogen (secondary N) is 1. The van der Waals surface area contributed by atoms with Crippen molar-refractivity contribution in [3.8, 4) is 0 Å². The second-order valence-electron chi connectivity index (χ2n) is 5.51. The lowest BCUT2D eigenvalue weighted by Gasteiger charge is -2.31. The van der Waals surface area contributed by atoms with Crippen LogP contribution in [0.2, 0.25) is 0 Å². The quantitative estimate of drug-likeness (QED) is 0.864. The lowest BCUT2D eigenvalue weighted by atomic mass is 9.88. The highest BCUT2D eigenvalue weighted by Crippen LogP contribution is 2.33. The van der Waals surface area contributed by atoms with Gasteiger partial charge in [-0.15, -0.1) is 0 Å². The van der Waals surface area contributed by atoms with E-state index in [-0.39, 0.29) is 24.0 Å². The summed E-state index contributed by atoms with van der Waals surface area (Å²) >= 11 is 0. The van der Waals surface area contributed by atoms with Crippen LogP contribution in [-0.4, -0.2) is 25.1 Å². The minimum absolute atomic E-state index is 0.0826. The summed E-state index contributed by atoms with van der Waals surface area (Å²) in [7, 11) is 0. The van der Waals surface area contributed by atoms with Crippen LogP contribution in [-0.2, 0) is 9.53 Å². The van der Waals surface area contributed by atoms with Crippen LogP contribution >= 0.6 is 0 Å². The Morgan fingerprint density at radius 3 is 2.90 bits per heavy atom. The third-order valence-corrected chi connectivity index (χ3v) is 3.69. The Bertz CT molecular complexity index is 420. The Morgan fingerprint density at radius 2 is 2.20 bits per heavy atom. The molecule has 1 fully saturated rings. The monoisotopic (exact) mass is 276 g/mol. The molecule has 110 valence electrons. The van der Waals surface area contributed by atoms with Crippen LogP contribution in [0.1, 0.15) is 37.9 Å². The molecule has 4 nitrogen and oxygen atoms in total. The van der Waals surface area contributed by atoms with Crippen LogP contribution in [0.15, 0.2) is 30.3 Å². The van der Waals surface area contributed by atoms with E-state index in [2.05, 4.69) is 5.32 Å². The van der Waals surface area contributed by atoms with E-state index >= 15 is 0 Å². The summed E-state index contributed by atoms with van der Waals surface area (Å²) in [6.07, 6.45) is 2.49. The Kier molecular flexibility index (Phi) is 5.56. The normalized spacial score (nSPS) is 24.1. The maximum atomic E-state index is 12.3. The van der Waals surface area contributed by atoms with Crippen LogP contribution < -0.4 is 11.1 Å². The number of carbonyl (C=O) groups is 1. The van der Waals surface area contributed by atoms with Gasteiger partial charge in [0.25, 0.3) is 0 Å². The van der Waals surface area contributed by atoms with Gasteiger partial charge in [0, 0.05) is 19.2 Å². The molecular formula is C16H24N2O2. The zero-order valence-electron chi connectivity index (χ0n) is 12.0. The topological polar surface area (TPSA) is 64.3 Å². The predicted molar refractivity (Wildman–Crippen MR) is 79.1 cm³/mol. The van der Waals surface area contributed by atoms with Crippen LogP contribution in [0, 0.1) is 5.92 Å². The third kappa shape index (κ3) is 4.05. The summed E-state index contributed by atoms with van der Waals surface area (Å²) in [4.78, 5) is 12.3. The lowest BCUT2D eigenvalue weighted by Crippen LogP contribution is -2.39. The molecule has 1 aliphatic heterocycles. The number of hydrogen-bond donors (Lipinski definition) is 2. The minimum Gasteiger partial charge on any atom is -0.373 e. The molecule has 0 bridgehead atoms. The molecule has 2 rings (SSSR count). The summed E-state index contributed by atoms with van der Waals surface area (Å²) in [5.74, 6) is -0.0153. The van der Waals surface area contributed by atoms with Crippen LogP contribution in [0.4, 0.5) is 0 Å². The predicted octanol–water partition coefficient (Wildman–Crippen LogP) is 2.01. The molecular weight excluding hydrogens is 252 g/mol. The van der Waals surface area contributed by atoms with Gasteiger partial charge in [0.2, 0.25) is 5.91 Å². The van der Waals surface area contributed by atoms with E-state index < -0.39 is 0 Å². The first kappa shape index (κ1) is 15.0. The molecule has 1 heterocycles. The largest absolute Gasteiger partial charge is 0.373 e. The number of nitrogens with two attached hydrogens (primary N) is 1. The second kappa shape index (κ2) is 7.41. The van der Waals surface area contributed by atoms with E-state index in [0.717, 1.165) is 31.4 Å². The third-order valence-electron chi connectivity index (χ3n) is 3.69. The molecule has 3 N–H and O–H groups in total. The van der Waals surface area contributed by atoms with Crippen molar-refractivity contribution < 1.29 is 9.53 Å². The molecule has 1 aromatic carbocycles.